The zero-order valence-corrected chi connectivity index (χ0v) is 14.8. The number of halogens is 1. The van der Waals surface area contributed by atoms with E-state index in [-0.39, 0.29) is 13.2 Å². The first kappa shape index (κ1) is 16.9. The van der Waals surface area contributed by atoms with Crippen LogP contribution in [-0.2, 0) is 6.61 Å². The van der Waals surface area contributed by atoms with Crippen molar-refractivity contribution in [3.05, 3.63) is 58.3 Å². The summed E-state index contributed by atoms with van der Waals surface area (Å²) in [5.74, 6) is 0. The Labute approximate surface area is 153 Å². The Morgan fingerprint density at radius 2 is 2.08 bits per heavy atom. The molecule has 2 aromatic carbocycles. The topological polar surface area (TPSA) is 57.8 Å². The third-order valence-electron chi connectivity index (χ3n) is 4.46. The van der Waals surface area contributed by atoms with Crippen LogP contribution in [0.15, 0.2) is 53.7 Å². The number of nitrogens with zero attached hydrogens (tertiary/aromatic N) is 3. The minimum absolute atomic E-state index is 0.0938. The zero-order valence-electron chi connectivity index (χ0n) is 14.0. The first-order valence-electron chi connectivity index (χ1n) is 8.43. The van der Waals surface area contributed by atoms with Gasteiger partial charge in [0.25, 0.3) is 0 Å². The number of aromatic nitrogens is 1. The molecule has 0 spiro atoms. The number of aliphatic hydroxyl groups is 1. The lowest BCUT2D eigenvalue weighted by Crippen LogP contribution is -2.28. The van der Waals surface area contributed by atoms with Crippen LogP contribution in [0.4, 0.5) is 9.18 Å². The van der Waals surface area contributed by atoms with Crippen LogP contribution in [0.3, 0.4) is 0 Å². The number of likely N-dealkylation sites (tertiary alicyclic amines) is 1. The number of rotatable bonds is 2. The van der Waals surface area contributed by atoms with Crippen LogP contribution < -0.4 is 4.80 Å². The van der Waals surface area contributed by atoms with Crippen molar-refractivity contribution in [2.75, 3.05) is 13.1 Å². The van der Waals surface area contributed by atoms with E-state index < -0.39 is 12.2 Å². The lowest BCUT2D eigenvalue weighted by Gasteiger charge is -2.11. The highest BCUT2D eigenvalue weighted by atomic mass is 32.1. The average molecular weight is 371 g/mol. The van der Waals surface area contributed by atoms with Gasteiger partial charge in [-0.05, 0) is 29.3 Å². The largest absolute Gasteiger partial charge is 0.391 e. The van der Waals surface area contributed by atoms with Crippen molar-refractivity contribution in [2.24, 2.45) is 4.99 Å². The predicted molar refractivity (Wildman–Crippen MR) is 99.1 cm³/mol. The maximum Gasteiger partial charge on any atom is 0.346 e. The molecule has 1 aromatic heterocycles. The van der Waals surface area contributed by atoms with E-state index in [9.17, 15) is 14.3 Å². The summed E-state index contributed by atoms with van der Waals surface area (Å²) in [6, 6.07) is 13.5. The van der Waals surface area contributed by atoms with E-state index in [0.29, 0.717) is 22.6 Å². The van der Waals surface area contributed by atoms with Gasteiger partial charge in [-0.2, -0.15) is 4.99 Å². The maximum atomic E-state index is 13.4. The van der Waals surface area contributed by atoms with Crippen LogP contribution in [-0.4, -0.2) is 39.9 Å². The second kappa shape index (κ2) is 7.01. The maximum absolute atomic E-state index is 13.4. The average Bonchev–Trinajstić information content (AvgIpc) is 3.27. The van der Waals surface area contributed by atoms with Gasteiger partial charge in [0.15, 0.2) is 4.80 Å². The highest BCUT2D eigenvalue weighted by Gasteiger charge is 2.25. The van der Waals surface area contributed by atoms with E-state index in [2.05, 4.69) is 4.99 Å². The number of thiazole rings is 1. The molecule has 1 N–H and O–H groups in total. The SMILES string of the molecule is O=C(N=c1sc(CO)cn1-c1ccc2ccccc2c1)N1CC[C@@H](F)C1. The summed E-state index contributed by atoms with van der Waals surface area (Å²) in [7, 11) is 0. The van der Waals surface area contributed by atoms with E-state index in [1.165, 1.54) is 16.2 Å². The number of carbonyl (C=O) groups excluding carboxylic acids is 1. The number of benzene rings is 2. The first-order valence-corrected chi connectivity index (χ1v) is 9.25. The van der Waals surface area contributed by atoms with Crippen molar-refractivity contribution in [2.45, 2.75) is 19.2 Å². The summed E-state index contributed by atoms with van der Waals surface area (Å²) in [5.41, 5.74) is 0.857. The first-order chi connectivity index (χ1) is 12.6. The lowest BCUT2D eigenvalue weighted by molar-refractivity contribution is 0.213. The molecule has 134 valence electrons. The van der Waals surface area contributed by atoms with E-state index >= 15 is 0 Å². The zero-order chi connectivity index (χ0) is 18.1. The van der Waals surface area contributed by atoms with Gasteiger partial charge in [-0.3, -0.25) is 4.57 Å². The van der Waals surface area contributed by atoms with Crippen LogP contribution in [0.5, 0.6) is 0 Å². The van der Waals surface area contributed by atoms with Gasteiger partial charge < -0.3 is 10.0 Å². The Morgan fingerprint density at radius 3 is 2.81 bits per heavy atom. The standard InChI is InChI=1S/C19H18FN3O2S/c20-15-7-8-22(10-15)18(25)21-19-23(11-17(12-24)26-19)16-6-5-13-3-1-2-4-14(13)9-16/h1-6,9,11,15,24H,7-8,10,12H2/t15-/m1/s1. The molecule has 1 fully saturated rings. The fraction of sp³-hybridized carbons (Fsp3) is 0.263. The van der Waals surface area contributed by atoms with E-state index in [1.807, 2.05) is 42.5 Å². The molecule has 3 aromatic rings. The van der Waals surface area contributed by atoms with Crippen molar-refractivity contribution in [3.63, 3.8) is 0 Å². The van der Waals surface area contributed by atoms with Gasteiger partial charge in [-0.15, -0.1) is 0 Å². The smallest absolute Gasteiger partial charge is 0.346 e. The third kappa shape index (κ3) is 3.27. The number of carbonyl (C=O) groups is 1. The van der Waals surface area contributed by atoms with Crippen molar-refractivity contribution >= 4 is 28.1 Å². The summed E-state index contributed by atoms with van der Waals surface area (Å²) in [6.45, 7) is 0.354. The molecule has 0 radical (unpaired) electrons. The molecule has 1 aliphatic heterocycles. The quantitative estimate of drug-likeness (QED) is 0.752. The monoisotopic (exact) mass is 371 g/mol. The second-order valence-corrected chi connectivity index (χ2v) is 7.36. The molecular weight excluding hydrogens is 353 g/mol. The summed E-state index contributed by atoms with van der Waals surface area (Å²) in [5, 5.41) is 11.7. The molecule has 1 saturated heterocycles. The molecule has 2 heterocycles. The molecule has 0 saturated carbocycles. The lowest BCUT2D eigenvalue weighted by atomic mass is 10.1. The fourth-order valence-corrected chi connectivity index (χ4v) is 3.93. The van der Waals surface area contributed by atoms with Gasteiger partial charge in [0.05, 0.1) is 18.0 Å². The number of amides is 2. The molecule has 26 heavy (non-hydrogen) atoms. The number of hydrogen-bond donors (Lipinski definition) is 1. The molecular formula is C19H18FN3O2S. The number of hydrogen-bond acceptors (Lipinski definition) is 3. The van der Waals surface area contributed by atoms with Crippen molar-refractivity contribution in [1.82, 2.24) is 9.47 Å². The van der Waals surface area contributed by atoms with Crippen LogP contribution in [0.2, 0.25) is 0 Å². The van der Waals surface area contributed by atoms with Gasteiger partial charge in [0, 0.05) is 18.4 Å². The van der Waals surface area contributed by atoms with Crippen LogP contribution in [0, 0.1) is 0 Å². The van der Waals surface area contributed by atoms with E-state index in [0.717, 1.165) is 16.5 Å². The molecule has 0 aliphatic carbocycles. The van der Waals surface area contributed by atoms with Crippen LogP contribution >= 0.6 is 11.3 Å². The van der Waals surface area contributed by atoms with Gasteiger partial charge in [0.2, 0.25) is 0 Å². The van der Waals surface area contributed by atoms with Gasteiger partial charge >= 0.3 is 6.03 Å². The minimum Gasteiger partial charge on any atom is -0.391 e. The van der Waals surface area contributed by atoms with Gasteiger partial charge in [-0.25, -0.2) is 9.18 Å². The van der Waals surface area contributed by atoms with Gasteiger partial charge in [-0.1, -0.05) is 41.7 Å². The molecule has 2 amide bonds. The summed E-state index contributed by atoms with van der Waals surface area (Å²) >= 11 is 1.25. The Kier molecular flexibility index (Phi) is 4.57. The number of alkyl halides is 1. The summed E-state index contributed by atoms with van der Waals surface area (Å²) in [4.78, 5) is 19.2. The molecule has 1 atom stereocenters. The highest BCUT2D eigenvalue weighted by Crippen LogP contribution is 2.19. The van der Waals surface area contributed by atoms with Crippen LogP contribution in [0.1, 0.15) is 11.3 Å². The number of aliphatic hydroxyl groups excluding tert-OH is 1. The predicted octanol–water partition coefficient (Wildman–Crippen LogP) is 3.25. The Balaban J connectivity index is 1.77. The normalized spacial score (nSPS) is 18.0. The van der Waals surface area contributed by atoms with Gasteiger partial charge in [0.1, 0.15) is 6.17 Å². The Hall–Kier alpha value is -2.51. The van der Waals surface area contributed by atoms with Crippen LogP contribution in [0.25, 0.3) is 16.5 Å². The fourth-order valence-electron chi connectivity index (χ4n) is 3.10. The van der Waals surface area contributed by atoms with Crippen molar-refractivity contribution in [3.8, 4) is 5.69 Å². The minimum atomic E-state index is -0.974. The Morgan fingerprint density at radius 1 is 1.27 bits per heavy atom. The number of urea groups is 1. The summed E-state index contributed by atoms with van der Waals surface area (Å²) in [6.07, 6.45) is 1.17. The van der Waals surface area contributed by atoms with Crippen molar-refractivity contribution < 1.29 is 14.3 Å². The third-order valence-corrected chi connectivity index (χ3v) is 5.43. The molecule has 5 nitrogen and oxygen atoms in total. The molecule has 0 unspecified atom stereocenters. The second-order valence-electron chi connectivity index (χ2n) is 6.27. The molecule has 7 heteroatoms. The highest BCUT2D eigenvalue weighted by molar-refractivity contribution is 7.09. The number of fused-ring (bicyclic) bond motifs is 1. The summed E-state index contributed by atoms with van der Waals surface area (Å²) < 4.78 is 15.1. The molecule has 4 rings (SSSR count). The van der Waals surface area contributed by atoms with E-state index in [4.69, 9.17) is 0 Å². The molecule has 0 bridgehead atoms. The Bertz CT molecular complexity index is 1030. The molecule has 1 aliphatic rings. The van der Waals surface area contributed by atoms with Crippen molar-refractivity contribution in [1.29, 1.82) is 0 Å². The van der Waals surface area contributed by atoms with E-state index in [1.54, 1.807) is 10.8 Å².